The molecule has 1 aliphatic heterocycles. The summed E-state index contributed by atoms with van der Waals surface area (Å²) in [5, 5.41) is 4.19. The number of halogens is 1. The third-order valence-electron chi connectivity index (χ3n) is 3.99. The van der Waals surface area contributed by atoms with Crippen molar-refractivity contribution in [1.82, 2.24) is 10.2 Å². The van der Waals surface area contributed by atoms with Crippen molar-refractivity contribution >= 4 is 29.3 Å². The number of carbonyl (C=O) groups is 1. The number of hydrogen-bond donors (Lipinski definition) is 1. The average Bonchev–Trinajstić information content (AvgIpc) is 3.32. The van der Waals surface area contributed by atoms with Gasteiger partial charge in [0, 0.05) is 48.1 Å². The average molecular weight is 325 g/mol. The molecule has 0 aromatic heterocycles. The molecule has 1 saturated heterocycles. The summed E-state index contributed by atoms with van der Waals surface area (Å²) >= 11 is 7.86. The maximum Gasteiger partial charge on any atom is 0.224 e. The Morgan fingerprint density at radius 1 is 1.33 bits per heavy atom. The summed E-state index contributed by atoms with van der Waals surface area (Å²) in [5.41, 5.74) is 1.16. The highest BCUT2D eigenvalue weighted by atomic mass is 35.5. The maximum absolute atomic E-state index is 12.6. The van der Waals surface area contributed by atoms with Crippen LogP contribution in [0.5, 0.6) is 0 Å². The summed E-state index contributed by atoms with van der Waals surface area (Å²) in [6.45, 7) is 1.73. The molecule has 1 saturated carbocycles. The van der Waals surface area contributed by atoms with E-state index in [1.54, 1.807) is 0 Å². The minimum absolute atomic E-state index is 0.285. The molecular weight excluding hydrogens is 304 g/mol. The Morgan fingerprint density at radius 3 is 2.71 bits per heavy atom. The fourth-order valence-electron chi connectivity index (χ4n) is 2.67. The van der Waals surface area contributed by atoms with Crippen LogP contribution in [0.1, 0.15) is 24.8 Å². The van der Waals surface area contributed by atoms with E-state index in [2.05, 4.69) is 10.2 Å². The van der Waals surface area contributed by atoms with Gasteiger partial charge in [-0.1, -0.05) is 23.7 Å². The maximum atomic E-state index is 12.6. The van der Waals surface area contributed by atoms with Crippen molar-refractivity contribution in [3.63, 3.8) is 0 Å². The second-order valence-electron chi connectivity index (χ2n) is 5.81. The van der Waals surface area contributed by atoms with Gasteiger partial charge in [0.2, 0.25) is 5.91 Å². The van der Waals surface area contributed by atoms with E-state index in [9.17, 15) is 4.79 Å². The van der Waals surface area contributed by atoms with E-state index >= 15 is 0 Å². The van der Waals surface area contributed by atoms with Crippen molar-refractivity contribution in [2.75, 3.05) is 18.1 Å². The van der Waals surface area contributed by atoms with Crippen LogP contribution >= 0.6 is 23.4 Å². The topological polar surface area (TPSA) is 32.3 Å². The summed E-state index contributed by atoms with van der Waals surface area (Å²) in [7, 11) is 0. The van der Waals surface area contributed by atoms with Gasteiger partial charge >= 0.3 is 0 Å². The highest BCUT2D eigenvalue weighted by Gasteiger charge is 2.33. The lowest BCUT2D eigenvalue weighted by atomic mass is 10.1. The summed E-state index contributed by atoms with van der Waals surface area (Å²) in [6, 6.07) is 8.60. The number of hydrogen-bond acceptors (Lipinski definition) is 3. The largest absolute Gasteiger partial charge is 0.335 e. The molecule has 3 nitrogen and oxygen atoms in total. The van der Waals surface area contributed by atoms with Gasteiger partial charge in [-0.25, -0.2) is 0 Å². The van der Waals surface area contributed by atoms with Crippen LogP contribution in [0.25, 0.3) is 0 Å². The standard InChI is InChI=1S/C16H21ClN2OS/c17-13-3-1-12(2-4-13)10-19(15-5-6-15)16(20)9-14-11-21-8-7-18-14/h1-4,14-15,18H,5-11H2. The number of nitrogens with one attached hydrogen (secondary N) is 1. The van der Waals surface area contributed by atoms with E-state index in [0.29, 0.717) is 25.0 Å². The number of thioether (sulfide) groups is 1. The van der Waals surface area contributed by atoms with Gasteiger partial charge in [-0.05, 0) is 30.5 Å². The molecule has 0 radical (unpaired) electrons. The lowest BCUT2D eigenvalue weighted by Gasteiger charge is -2.27. The lowest BCUT2D eigenvalue weighted by Crippen LogP contribution is -2.43. The zero-order chi connectivity index (χ0) is 14.7. The minimum Gasteiger partial charge on any atom is -0.335 e. The molecule has 114 valence electrons. The molecular formula is C16H21ClN2OS. The fourth-order valence-corrected chi connectivity index (χ4v) is 3.75. The number of amides is 1. The molecule has 21 heavy (non-hydrogen) atoms. The van der Waals surface area contributed by atoms with Crippen molar-refractivity contribution in [2.24, 2.45) is 0 Å². The Labute approximate surface area is 135 Å². The molecule has 1 aromatic carbocycles. The Kier molecular flexibility index (Phi) is 5.09. The van der Waals surface area contributed by atoms with E-state index < -0.39 is 0 Å². The van der Waals surface area contributed by atoms with Crippen LogP contribution in [0.15, 0.2) is 24.3 Å². The Balaban J connectivity index is 1.60. The monoisotopic (exact) mass is 324 g/mol. The molecule has 1 N–H and O–H groups in total. The highest BCUT2D eigenvalue weighted by Crippen LogP contribution is 2.29. The molecule has 0 spiro atoms. The van der Waals surface area contributed by atoms with Crippen molar-refractivity contribution < 1.29 is 4.79 Å². The fraction of sp³-hybridized carbons (Fsp3) is 0.562. The number of nitrogens with zero attached hydrogens (tertiary/aromatic N) is 1. The summed E-state index contributed by atoms with van der Waals surface area (Å²) in [4.78, 5) is 14.7. The van der Waals surface area contributed by atoms with Crippen LogP contribution < -0.4 is 5.32 Å². The molecule has 1 heterocycles. The van der Waals surface area contributed by atoms with Gasteiger partial charge in [-0.2, -0.15) is 11.8 Å². The third-order valence-corrected chi connectivity index (χ3v) is 5.38. The van der Waals surface area contributed by atoms with Crippen molar-refractivity contribution in [1.29, 1.82) is 0 Å². The smallest absolute Gasteiger partial charge is 0.224 e. The first-order valence-corrected chi connectivity index (χ1v) is 9.10. The van der Waals surface area contributed by atoms with E-state index in [4.69, 9.17) is 11.6 Å². The molecule has 5 heteroatoms. The quantitative estimate of drug-likeness (QED) is 0.904. The number of carbonyl (C=O) groups excluding carboxylic acids is 1. The molecule has 1 atom stereocenters. The van der Waals surface area contributed by atoms with Gasteiger partial charge in [0.1, 0.15) is 0 Å². The van der Waals surface area contributed by atoms with E-state index in [1.807, 2.05) is 36.0 Å². The van der Waals surface area contributed by atoms with E-state index in [-0.39, 0.29) is 5.91 Å². The van der Waals surface area contributed by atoms with Crippen LogP contribution in [0, 0.1) is 0 Å². The summed E-state index contributed by atoms with van der Waals surface area (Å²) in [6.07, 6.45) is 2.91. The van der Waals surface area contributed by atoms with Gasteiger partial charge in [0.25, 0.3) is 0 Å². The first-order valence-electron chi connectivity index (χ1n) is 7.57. The molecule has 2 aliphatic rings. The molecule has 1 aliphatic carbocycles. The van der Waals surface area contributed by atoms with Gasteiger partial charge in [0.15, 0.2) is 0 Å². The van der Waals surface area contributed by atoms with Crippen molar-refractivity contribution in [2.45, 2.75) is 37.9 Å². The van der Waals surface area contributed by atoms with E-state index in [0.717, 1.165) is 41.5 Å². The van der Waals surface area contributed by atoms with Gasteiger partial charge in [-0.3, -0.25) is 4.79 Å². The first-order chi connectivity index (χ1) is 10.2. The second kappa shape index (κ2) is 7.03. The highest BCUT2D eigenvalue weighted by molar-refractivity contribution is 7.99. The predicted octanol–water partition coefficient (Wildman–Crippen LogP) is 2.93. The number of rotatable bonds is 5. The Morgan fingerprint density at radius 2 is 2.10 bits per heavy atom. The first kappa shape index (κ1) is 15.2. The second-order valence-corrected chi connectivity index (χ2v) is 7.40. The molecule has 1 unspecified atom stereocenters. The van der Waals surface area contributed by atoms with Crippen LogP contribution in [0.4, 0.5) is 0 Å². The molecule has 1 aromatic rings. The minimum atomic E-state index is 0.285. The van der Waals surface area contributed by atoms with Crippen LogP contribution in [0.3, 0.4) is 0 Å². The number of benzene rings is 1. The van der Waals surface area contributed by atoms with Crippen LogP contribution in [-0.2, 0) is 11.3 Å². The van der Waals surface area contributed by atoms with Crippen LogP contribution in [-0.4, -0.2) is 40.9 Å². The van der Waals surface area contributed by atoms with Gasteiger partial charge < -0.3 is 10.2 Å². The van der Waals surface area contributed by atoms with Crippen LogP contribution in [0.2, 0.25) is 5.02 Å². The van der Waals surface area contributed by atoms with Crippen molar-refractivity contribution in [3.05, 3.63) is 34.9 Å². The lowest BCUT2D eigenvalue weighted by molar-refractivity contribution is -0.132. The molecule has 3 rings (SSSR count). The zero-order valence-corrected chi connectivity index (χ0v) is 13.6. The predicted molar refractivity (Wildman–Crippen MR) is 88.8 cm³/mol. The summed E-state index contributed by atoms with van der Waals surface area (Å²) in [5.74, 6) is 2.49. The third kappa shape index (κ3) is 4.38. The van der Waals surface area contributed by atoms with E-state index in [1.165, 1.54) is 0 Å². The zero-order valence-electron chi connectivity index (χ0n) is 12.1. The molecule has 1 amide bonds. The van der Waals surface area contributed by atoms with Gasteiger partial charge in [-0.15, -0.1) is 0 Å². The Hall–Kier alpha value is -0.710. The SMILES string of the molecule is O=C(CC1CSCCN1)N(Cc1ccc(Cl)cc1)C1CC1. The van der Waals surface area contributed by atoms with Crippen molar-refractivity contribution in [3.8, 4) is 0 Å². The Bertz CT molecular complexity index is 484. The molecule has 0 bridgehead atoms. The molecule has 2 fully saturated rings. The summed E-state index contributed by atoms with van der Waals surface area (Å²) < 4.78 is 0. The normalized spacial score (nSPS) is 22.0. The van der Waals surface area contributed by atoms with Gasteiger partial charge in [0.05, 0.1) is 0 Å².